The van der Waals surface area contributed by atoms with Gasteiger partial charge >= 0.3 is 0 Å². The Labute approximate surface area is 217 Å². The van der Waals surface area contributed by atoms with Gasteiger partial charge in [-0.05, 0) is 86.0 Å². The van der Waals surface area contributed by atoms with Crippen LogP contribution in [0.1, 0.15) is 65.9 Å². The second kappa shape index (κ2) is 11.3. The third-order valence-electron chi connectivity index (χ3n) is 8.81. The first-order valence-corrected chi connectivity index (χ1v) is 14.1. The predicted octanol–water partition coefficient (Wildman–Crippen LogP) is 6.43. The highest BCUT2D eigenvalue weighted by atomic mass is 16.5. The quantitative estimate of drug-likeness (QED) is 0.404. The Kier molecular flexibility index (Phi) is 7.50. The molecule has 3 aromatic rings. The second-order valence-electron chi connectivity index (χ2n) is 11.1. The molecule has 3 aliphatic heterocycles. The number of ether oxygens (including phenoxy) is 1. The van der Waals surface area contributed by atoms with Gasteiger partial charge in [0.2, 0.25) is 0 Å². The molecule has 6 rings (SSSR count). The van der Waals surface area contributed by atoms with Crippen LogP contribution in [0.5, 0.6) is 0 Å². The van der Waals surface area contributed by atoms with E-state index in [2.05, 4.69) is 94.7 Å². The molecule has 188 valence electrons. The number of hydrogen-bond acceptors (Lipinski definition) is 3. The van der Waals surface area contributed by atoms with Crippen LogP contribution < -0.4 is 0 Å². The van der Waals surface area contributed by atoms with Crippen molar-refractivity contribution in [2.75, 3.05) is 39.3 Å². The Morgan fingerprint density at radius 2 is 1.08 bits per heavy atom. The molecule has 0 aliphatic carbocycles. The summed E-state index contributed by atoms with van der Waals surface area (Å²) < 4.78 is 6.86. The molecule has 3 aromatic carbocycles. The van der Waals surface area contributed by atoms with Crippen LogP contribution in [0, 0.1) is 0 Å². The number of nitrogens with zero attached hydrogens (tertiary/aromatic N) is 2. The maximum atomic E-state index is 6.86. The van der Waals surface area contributed by atoms with Crippen LogP contribution in [-0.4, -0.2) is 55.2 Å². The smallest absolute Gasteiger partial charge is 0.0958 e. The molecule has 0 saturated carbocycles. The molecule has 0 N–H and O–H groups in total. The molecule has 3 nitrogen and oxygen atoms in total. The van der Waals surface area contributed by atoms with E-state index in [1.807, 2.05) is 0 Å². The van der Waals surface area contributed by atoms with Crippen molar-refractivity contribution in [2.24, 2.45) is 0 Å². The molecule has 3 heteroatoms. The van der Waals surface area contributed by atoms with Crippen LogP contribution in [0.2, 0.25) is 0 Å². The molecule has 0 spiro atoms. The zero-order chi connectivity index (χ0) is 24.2. The van der Waals surface area contributed by atoms with Gasteiger partial charge in [-0.15, -0.1) is 0 Å². The summed E-state index contributed by atoms with van der Waals surface area (Å²) in [6.07, 6.45) is 6.54. The minimum atomic E-state index is 0.190. The highest BCUT2D eigenvalue weighted by Gasteiger charge is 2.32. The summed E-state index contributed by atoms with van der Waals surface area (Å²) in [4.78, 5) is 5.30. The Hall–Kier alpha value is -2.46. The lowest BCUT2D eigenvalue weighted by atomic mass is 9.88. The van der Waals surface area contributed by atoms with E-state index in [1.54, 1.807) is 0 Å². The van der Waals surface area contributed by atoms with Crippen molar-refractivity contribution in [3.05, 3.63) is 107 Å². The summed E-state index contributed by atoms with van der Waals surface area (Å²) >= 11 is 0. The van der Waals surface area contributed by atoms with Crippen molar-refractivity contribution in [3.63, 3.8) is 0 Å². The Morgan fingerprint density at radius 3 is 1.67 bits per heavy atom. The second-order valence-corrected chi connectivity index (χ2v) is 11.1. The van der Waals surface area contributed by atoms with Crippen LogP contribution in [0.15, 0.2) is 84.9 Å². The number of benzene rings is 3. The van der Waals surface area contributed by atoms with E-state index in [0.29, 0.717) is 17.9 Å². The monoisotopic (exact) mass is 480 g/mol. The molecule has 2 fully saturated rings. The van der Waals surface area contributed by atoms with Crippen LogP contribution in [0.3, 0.4) is 0 Å². The molecule has 0 aromatic heterocycles. The molecule has 36 heavy (non-hydrogen) atoms. The molecular formula is C33H40N2O. The number of fused-ring (bicyclic) bond motifs is 1. The fourth-order valence-electron chi connectivity index (χ4n) is 6.75. The molecule has 2 atom stereocenters. The summed E-state index contributed by atoms with van der Waals surface area (Å²) in [5.41, 5.74) is 5.93. The van der Waals surface area contributed by atoms with E-state index in [9.17, 15) is 0 Å². The molecular weight excluding hydrogens is 440 g/mol. The van der Waals surface area contributed by atoms with Gasteiger partial charge in [0.25, 0.3) is 0 Å². The van der Waals surface area contributed by atoms with Crippen molar-refractivity contribution >= 4 is 0 Å². The first-order chi connectivity index (χ1) is 17.8. The largest absolute Gasteiger partial charge is 0.367 e. The molecule has 0 bridgehead atoms. The van der Waals surface area contributed by atoms with E-state index in [-0.39, 0.29) is 6.10 Å². The molecule has 2 saturated heterocycles. The van der Waals surface area contributed by atoms with Crippen molar-refractivity contribution < 1.29 is 4.74 Å². The third kappa shape index (κ3) is 5.59. The van der Waals surface area contributed by atoms with Gasteiger partial charge in [0.1, 0.15) is 0 Å². The summed E-state index contributed by atoms with van der Waals surface area (Å²) in [7, 11) is 0. The van der Waals surface area contributed by atoms with Gasteiger partial charge in [-0.3, -0.25) is 0 Å². The lowest BCUT2D eigenvalue weighted by Gasteiger charge is -2.40. The van der Waals surface area contributed by atoms with Gasteiger partial charge in [-0.1, -0.05) is 84.9 Å². The number of likely N-dealkylation sites (tertiary alicyclic amines) is 2. The number of piperidine rings is 2. The number of rotatable bonds is 6. The predicted molar refractivity (Wildman–Crippen MR) is 147 cm³/mol. The zero-order valence-electron chi connectivity index (χ0n) is 21.5. The molecule has 0 amide bonds. The van der Waals surface area contributed by atoms with Gasteiger partial charge in [0.15, 0.2) is 0 Å². The minimum Gasteiger partial charge on any atom is -0.367 e. The fourth-order valence-corrected chi connectivity index (χ4v) is 6.75. The van der Waals surface area contributed by atoms with Crippen LogP contribution in [0.25, 0.3) is 0 Å². The van der Waals surface area contributed by atoms with Crippen molar-refractivity contribution in [2.45, 2.75) is 56.1 Å². The van der Waals surface area contributed by atoms with E-state index in [4.69, 9.17) is 4.74 Å². The molecule has 2 unspecified atom stereocenters. The summed E-state index contributed by atoms with van der Waals surface area (Å²) in [6.45, 7) is 6.77. The Balaban J connectivity index is 1.05. The van der Waals surface area contributed by atoms with Gasteiger partial charge in [-0.2, -0.15) is 0 Å². The van der Waals surface area contributed by atoms with E-state index < -0.39 is 0 Å². The first kappa shape index (κ1) is 23.9. The van der Waals surface area contributed by atoms with Gasteiger partial charge in [0, 0.05) is 19.5 Å². The fraction of sp³-hybridized carbons (Fsp3) is 0.455. The highest BCUT2D eigenvalue weighted by Crippen LogP contribution is 2.35. The van der Waals surface area contributed by atoms with E-state index in [0.717, 1.165) is 19.5 Å². The van der Waals surface area contributed by atoms with Gasteiger partial charge < -0.3 is 14.5 Å². The summed E-state index contributed by atoms with van der Waals surface area (Å²) in [6, 6.07) is 31.2. The van der Waals surface area contributed by atoms with Crippen molar-refractivity contribution in [3.8, 4) is 0 Å². The molecule has 0 radical (unpaired) electrons. The number of hydrogen-bond donors (Lipinski definition) is 0. The maximum Gasteiger partial charge on any atom is 0.0958 e. The van der Waals surface area contributed by atoms with Crippen LogP contribution >= 0.6 is 0 Å². The van der Waals surface area contributed by atoms with Crippen LogP contribution in [-0.2, 0) is 11.2 Å². The summed E-state index contributed by atoms with van der Waals surface area (Å²) in [5.74, 6) is 1.41. The molecule has 3 heterocycles. The highest BCUT2D eigenvalue weighted by molar-refractivity contribution is 5.32. The van der Waals surface area contributed by atoms with Gasteiger partial charge in [-0.25, -0.2) is 0 Å². The van der Waals surface area contributed by atoms with Gasteiger partial charge in [0.05, 0.1) is 12.2 Å². The van der Waals surface area contributed by atoms with Crippen LogP contribution in [0.4, 0.5) is 0 Å². The SMILES string of the molecule is c1ccc(C2CCN(CC3Cc4ccccc4C(CN4CCC(c5ccccc5)CC4)O3)CC2)cc1. The van der Waals surface area contributed by atoms with E-state index in [1.165, 1.54) is 74.1 Å². The summed E-state index contributed by atoms with van der Waals surface area (Å²) in [5, 5.41) is 0. The Bertz CT molecular complexity index is 1080. The standard InChI is InChI=1S/C33H40N2O/c1-3-9-26(10-4-1)28-15-19-34(20-16-28)24-31-23-30-13-7-8-14-32(30)33(36-31)25-35-21-17-29(18-22-35)27-11-5-2-6-12-27/h1-14,28-29,31,33H,15-25H2. The third-order valence-corrected chi connectivity index (χ3v) is 8.81. The lowest BCUT2D eigenvalue weighted by Crippen LogP contribution is -2.44. The first-order valence-electron chi connectivity index (χ1n) is 14.1. The van der Waals surface area contributed by atoms with Crippen molar-refractivity contribution in [1.29, 1.82) is 0 Å². The Morgan fingerprint density at radius 1 is 0.583 bits per heavy atom. The minimum absolute atomic E-state index is 0.190. The maximum absolute atomic E-state index is 6.86. The van der Waals surface area contributed by atoms with E-state index >= 15 is 0 Å². The average molecular weight is 481 g/mol. The topological polar surface area (TPSA) is 15.7 Å². The normalized spacial score (nSPS) is 24.4. The zero-order valence-corrected chi connectivity index (χ0v) is 21.5. The van der Waals surface area contributed by atoms with Crippen molar-refractivity contribution in [1.82, 2.24) is 9.80 Å². The average Bonchev–Trinajstić information content (AvgIpc) is 2.95. The molecule has 3 aliphatic rings. The lowest BCUT2D eigenvalue weighted by molar-refractivity contribution is -0.0588.